The summed E-state index contributed by atoms with van der Waals surface area (Å²) >= 11 is 0. The Kier molecular flexibility index (Phi) is 3.62. The average Bonchev–Trinajstić information content (AvgIpc) is 2.17. The molecular formula is C8H7ClO4S. The van der Waals surface area contributed by atoms with Gasteiger partial charge in [-0.25, -0.2) is 4.79 Å². The van der Waals surface area contributed by atoms with Crippen LogP contribution in [0.1, 0.15) is 10.4 Å². The van der Waals surface area contributed by atoms with Crippen LogP contribution >= 0.6 is 10.7 Å². The largest absolute Gasteiger partial charge is 0.594 e. The minimum atomic E-state index is -1.71. The van der Waals surface area contributed by atoms with Gasteiger partial charge in [-0.2, -0.15) is 0 Å². The lowest BCUT2D eigenvalue weighted by molar-refractivity contribution is 0.0597. The van der Waals surface area contributed by atoms with Crippen molar-refractivity contribution in [2.24, 2.45) is 0 Å². The third-order valence-corrected chi connectivity index (χ3v) is 2.72. The van der Waals surface area contributed by atoms with Gasteiger partial charge >= 0.3 is 5.97 Å². The topological polar surface area (TPSA) is 69.6 Å². The van der Waals surface area contributed by atoms with Crippen LogP contribution in [0.15, 0.2) is 23.1 Å². The second-order valence-corrected chi connectivity index (χ2v) is 4.15. The Morgan fingerprint density at radius 1 is 1.64 bits per heavy atom. The number of hydrogen-bond donors (Lipinski definition) is 1. The SMILES string of the molecule is COC(=O)c1cc([S+]([O-])Cl)ccc1O. The van der Waals surface area contributed by atoms with Gasteiger partial charge in [-0.3, -0.25) is 0 Å². The van der Waals surface area contributed by atoms with E-state index < -0.39 is 16.4 Å². The molecule has 0 radical (unpaired) electrons. The number of rotatable bonds is 2. The van der Waals surface area contributed by atoms with E-state index in [0.29, 0.717) is 0 Å². The lowest BCUT2D eigenvalue weighted by atomic mass is 10.2. The Labute approximate surface area is 88.1 Å². The summed E-state index contributed by atoms with van der Waals surface area (Å²) in [6.45, 7) is 0. The van der Waals surface area contributed by atoms with Crippen LogP contribution in [0.5, 0.6) is 5.75 Å². The van der Waals surface area contributed by atoms with Gasteiger partial charge in [0.1, 0.15) is 21.7 Å². The summed E-state index contributed by atoms with van der Waals surface area (Å²) in [4.78, 5) is 11.3. The van der Waals surface area contributed by atoms with Gasteiger partial charge in [0.15, 0.2) is 15.6 Å². The molecule has 0 bridgehead atoms. The van der Waals surface area contributed by atoms with Crippen LogP contribution in [0.4, 0.5) is 0 Å². The van der Waals surface area contributed by atoms with Crippen LogP contribution < -0.4 is 0 Å². The lowest BCUT2D eigenvalue weighted by Crippen LogP contribution is -2.03. The van der Waals surface area contributed by atoms with E-state index in [9.17, 15) is 14.5 Å². The van der Waals surface area contributed by atoms with Crippen LogP contribution in [0.25, 0.3) is 0 Å². The fourth-order valence-electron chi connectivity index (χ4n) is 0.888. The second-order valence-electron chi connectivity index (χ2n) is 2.39. The quantitative estimate of drug-likeness (QED) is 0.621. The van der Waals surface area contributed by atoms with E-state index in [1.807, 2.05) is 0 Å². The smallest absolute Gasteiger partial charge is 0.341 e. The molecule has 0 amide bonds. The van der Waals surface area contributed by atoms with Crippen LogP contribution in [-0.2, 0) is 15.1 Å². The molecule has 0 aliphatic heterocycles. The number of hydrogen-bond acceptors (Lipinski definition) is 4. The maximum absolute atomic E-state index is 11.1. The minimum absolute atomic E-state index is 0.0565. The Bertz CT molecular complexity index is 353. The zero-order valence-electron chi connectivity index (χ0n) is 7.19. The lowest BCUT2D eigenvalue weighted by Gasteiger charge is -2.04. The highest BCUT2D eigenvalue weighted by Crippen LogP contribution is 2.23. The molecule has 0 fully saturated rings. The molecule has 0 aromatic heterocycles. The molecular weight excluding hydrogens is 228 g/mol. The summed E-state index contributed by atoms with van der Waals surface area (Å²) in [6, 6.07) is 3.83. The fraction of sp³-hybridized carbons (Fsp3) is 0.125. The van der Waals surface area contributed by atoms with Crippen LogP contribution in [0.2, 0.25) is 0 Å². The van der Waals surface area contributed by atoms with Gasteiger partial charge in [-0.1, -0.05) is 0 Å². The number of esters is 1. The van der Waals surface area contributed by atoms with Crippen molar-refractivity contribution in [2.75, 3.05) is 7.11 Å². The van der Waals surface area contributed by atoms with Crippen molar-refractivity contribution in [3.63, 3.8) is 0 Å². The number of ether oxygens (including phenoxy) is 1. The first kappa shape index (κ1) is 11.2. The molecule has 1 N–H and O–H groups in total. The highest BCUT2D eigenvalue weighted by atomic mass is 35.7. The van der Waals surface area contributed by atoms with E-state index in [-0.39, 0.29) is 16.2 Å². The predicted molar refractivity (Wildman–Crippen MR) is 51.7 cm³/mol. The number of carbonyl (C=O) groups is 1. The van der Waals surface area contributed by atoms with Crippen LogP contribution in [-0.4, -0.2) is 22.7 Å². The second kappa shape index (κ2) is 4.54. The summed E-state index contributed by atoms with van der Waals surface area (Å²) in [5, 5.41) is 9.28. The van der Waals surface area contributed by atoms with Crippen LogP contribution in [0.3, 0.4) is 0 Å². The van der Waals surface area contributed by atoms with E-state index in [1.165, 1.54) is 25.3 Å². The molecule has 0 heterocycles. The number of methoxy groups -OCH3 is 1. The van der Waals surface area contributed by atoms with Crippen LogP contribution in [0, 0.1) is 0 Å². The van der Waals surface area contributed by atoms with Crippen molar-refractivity contribution in [3.8, 4) is 5.75 Å². The Hall–Kier alpha value is -0.910. The van der Waals surface area contributed by atoms with E-state index in [2.05, 4.69) is 4.74 Å². The molecule has 4 nitrogen and oxygen atoms in total. The Morgan fingerprint density at radius 3 is 2.79 bits per heavy atom. The summed E-state index contributed by atoms with van der Waals surface area (Å²) in [6.07, 6.45) is 0. The number of aromatic hydroxyl groups is 1. The van der Waals surface area contributed by atoms with Gasteiger partial charge in [0.05, 0.1) is 7.11 Å². The number of halogens is 1. The van der Waals surface area contributed by atoms with Crippen molar-refractivity contribution < 1.29 is 19.2 Å². The first-order valence-corrected chi connectivity index (χ1v) is 5.53. The van der Waals surface area contributed by atoms with Crippen molar-refractivity contribution >= 4 is 27.0 Å². The highest BCUT2D eigenvalue weighted by Gasteiger charge is 2.17. The summed E-state index contributed by atoms with van der Waals surface area (Å²) in [5.41, 5.74) is -0.0565. The Balaban J connectivity index is 3.15. The standard InChI is InChI=1S/C8H7ClO4S/c1-13-8(11)6-4-5(14(9)12)2-3-7(6)10/h2-4,10H,1H3. The zero-order chi connectivity index (χ0) is 10.7. The first-order chi connectivity index (χ1) is 6.56. The molecule has 1 aromatic carbocycles. The first-order valence-electron chi connectivity index (χ1n) is 3.55. The molecule has 1 aromatic rings. The molecule has 6 heteroatoms. The average molecular weight is 235 g/mol. The molecule has 0 saturated heterocycles. The molecule has 0 spiro atoms. The molecule has 76 valence electrons. The van der Waals surface area contributed by atoms with Gasteiger partial charge in [0, 0.05) is 6.07 Å². The fourth-order valence-corrected chi connectivity index (χ4v) is 1.56. The summed E-state index contributed by atoms with van der Waals surface area (Å²) in [5.74, 6) is -0.936. The van der Waals surface area contributed by atoms with Crippen molar-refractivity contribution in [2.45, 2.75) is 4.90 Å². The highest BCUT2D eigenvalue weighted by molar-refractivity contribution is 8.13. The third-order valence-electron chi connectivity index (χ3n) is 1.56. The molecule has 0 aliphatic rings. The molecule has 0 aliphatic carbocycles. The maximum Gasteiger partial charge on any atom is 0.341 e. The van der Waals surface area contributed by atoms with Crippen molar-refractivity contribution in [1.82, 2.24) is 0 Å². The number of phenolic OH excluding ortho intramolecular Hbond substituents is 1. The van der Waals surface area contributed by atoms with E-state index >= 15 is 0 Å². The van der Waals surface area contributed by atoms with Gasteiger partial charge < -0.3 is 14.4 Å². The summed E-state index contributed by atoms with van der Waals surface area (Å²) in [7, 11) is 4.79. The van der Waals surface area contributed by atoms with Gasteiger partial charge in [-0.05, 0) is 12.1 Å². The minimum Gasteiger partial charge on any atom is -0.594 e. The summed E-state index contributed by atoms with van der Waals surface area (Å²) < 4.78 is 15.3. The van der Waals surface area contributed by atoms with Gasteiger partial charge in [0.2, 0.25) is 0 Å². The van der Waals surface area contributed by atoms with Crippen molar-refractivity contribution in [1.29, 1.82) is 0 Å². The molecule has 0 saturated carbocycles. The van der Waals surface area contributed by atoms with Gasteiger partial charge in [0.25, 0.3) is 0 Å². The van der Waals surface area contributed by atoms with Gasteiger partial charge in [-0.15, -0.1) is 0 Å². The van der Waals surface area contributed by atoms with E-state index in [1.54, 1.807) is 0 Å². The maximum atomic E-state index is 11.1. The van der Waals surface area contributed by atoms with E-state index in [4.69, 9.17) is 10.7 Å². The zero-order valence-corrected chi connectivity index (χ0v) is 8.76. The number of carbonyl (C=O) groups excluding carboxylic acids is 1. The third kappa shape index (κ3) is 2.31. The Morgan fingerprint density at radius 2 is 2.29 bits per heavy atom. The molecule has 1 unspecified atom stereocenters. The predicted octanol–water partition coefficient (Wildman–Crippen LogP) is 1.44. The van der Waals surface area contributed by atoms with E-state index in [0.717, 1.165) is 0 Å². The molecule has 14 heavy (non-hydrogen) atoms. The molecule has 1 rings (SSSR count). The number of phenols is 1. The number of benzene rings is 1. The normalized spacial score (nSPS) is 12.2. The monoisotopic (exact) mass is 234 g/mol. The van der Waals surface area contributed by atoms with Crippen molar-refractivity contribution in [3.05, 3.63) is 23.8 Å². The molecule has 1 atom stereocenters.